The van der Waals surface area contributed by atoms with Crippen molar-refractivity contribution in [3.05, 3.63) is 0 Å². The second kappa shape index (κ2) is 5.15. The Hall–Kier alpha value is -0.610. The fourth-order valence-electron chi connectivity index (χ4n) is 2.58. The van der Waals surface area contributed by atoms with Gasteiger partial charge in [0.05, 0.1) is 12.0 Å². The molecule has 2 unspecified atom stereocenters. The summed E-state index contributed by atoms with van der Waals surface area (Å²) < 4.78 is 5.47. The number of nitrogens with one attached hydrogen (secondary N) is 2. The molecule has 0 aromatic carbocycles. The van der Waals surface area contributed by atoms with Crippen molar-refractivity contribution in [2.75, 3.05) is 13.2 Å². The molecule has 16 heavy (non-hydrogen) atoms. The van der Waals surface area contributed by atoms with Crippen molar-refractivity contribution < 1.29 is 9.53 Å². The molecule has 0 radical (unpaired) electrons. The van der Waals surface area contributed by atoms with E-state index in [0.717, 1.165) is 32.4 Å². The molecular weight excluding hydrogens is 204 g/mol. The number of hydrogen-bond acceptors (Lipinski definition) is 3. The van der Waals surface area contributed by atoms with E-state index >= 15 is 0 Å². The summed E-state index contributed by atoms with van der Waals surface area (Å²) in [7, 11) is 0. The van der Waals surface area contributed by atoms with Gasteiger partial charge in [-0.1, -0.05) is 0 Å². The molecule has 1 amide bonds. The van der Waals surface area contributed by atoms with Crippen molar-refractivity contribution in [1.82, 2.24) is 10.6 Å². The van der Waals surface area contributed by atoms with Crippen molar-refractivity contribution in [2.45, 2.75) is 51.3 Å². The van der Waals surface area contributed by atoms with Gasteiger partial charge in [0.25, 0.3) is 0 Å². The minimum Gasteiger partial charge on any atom is -0.378 e. The van der Waals surface area contributed by atoms with Gasteiger partial charge in [-0.25, -0.2) is 0 Å². The Labute approximate surface area is 97.1 Å². The number of rotatable bonds is 4. The van der Waals surface area contributed by atoms with Gasteiger partial charge in [0, 0.05) is 18.7 Å². The summed E-state index contributed by atoms with van der Waals surface area (Å²) in [4.78, 5) is 11.9. The quantitative estimate of drug-likeness (QED) is 0.740. The van der Waals surface area contributed by atoms with Crippen molar-refractivity contribution >= 4 is 5.91 Å². The molecule has 1 saturated carbocycles. The lowest BCUT2D eigenvalue weighted by atomic mass is 9.88. The van der Waals surface area contributed by atoms with E-state index < -0.39 is 0 Å². The average Bonchev–Trinajstić information content (AvgIpc) is 2.61. The maximum Gasteiger partial charge on any atom is 0.224 e. The predicted octanol–water partition coefficient (Wildman–Crippen LogP) is 0.668. The van der Waals surface area contributed by atoms with E-state index in [9.17, 15) is 4.79 Å². The van der Waals surface area contributed by atoms with Crippen LogP contribution in [0, 0.1) is 5.92 Å². The van der Waals surface area contributed by atoms with E-state index in [1.807, 2.05) is 6.92 Å². The molecule has 0 bridgehead atoms. The highest BCUT2D eigenvalue weighted by Crippen LogP contribution is 2.24. The molecule has 2 fully saturated rings. The summed E-state index contributed by atoms with van der Waals surface area (Å²) in [5, 5.41) is 6.42. The van der Waals surface area contributed by atoms with Crippen LogP contribution in [0.2, 0.25) is 0 Å². The van der Waals surface area contributed by atoms with E-state index in [1.165, 1.54) is 0 Å². The molecule has 2 rings (SSSR count). The van der Waals surface area contributed by atoms with Crippen LogP contribution >= 0.6 is 0 Å². The Kier molecular flexibility index (Phi) is 3.82. The third-order valence-electron chi connectivity index (χ3n) is 3.71. The maximum atomic E-state index is 11.9. The normalized spacial score (nSPS) is 38.1. The van der Waals surface area contributed by atoms with Gasteiger partial charge in [0.2, 0.25) is 5.91 Å². The van der Waals surface area contributed by atoms with Crippen molar-refractivity contribution in [2.24, 2.45) is 5.92 Å². The molecule has 1 saturated heterocycles. The Morgan fingerprint density at radius 2 is 2.25 bits per heavy atom. The first-order valence-electron chi connectivity index (χ1n) is 6.36. The Bertz CT molecular complexity index is 251. The number of hydrogen-bond donors (Lipinski definition) is 2. The van der Waals surface area contributed by atoms with Crippen molar-refractivity contribution in [3.63, 3.8) is 0 Å². The number of amides is 1. The Balaban J connectivity index is 1.69. The molecule has 4 heteroatoms. The molecule has 2 aliphatic rings. The maximum absolute atomic E-state index is 11.9. The van der Waals surface area contributed by atoms with Crippen LogP contribution < -0.4 is 10.6 Å². The molecule has 2 N–H and O–H groups in total. The van der Waals surface area contributed by atoms with Gasteiger partial charge in [-0.3, -0.25) is 4.79 Å². The topological polar surface area (TPSA) is 50.4 Å². The van der Waals surface area contributed by atoms with Gasteiger partial charge in [-0.15, -0.1) is 0 Å². The monoisotopic (exact) mass is 226 g/mol. The van der Waals surface area contributed by atoms with Crippen LogP contribution in [0.5, 0.6) is 0 Å². The van der Waals surface area contributed by atoms with Gasteiger partial charge in [0.1, 0.15) is 0 Å². The molecule has 1 aliphatic carbocycles. The first-order valence-corrected chi connectivity index (χ1v) is 6.36. The summed E-state index contributed by atoms with van der Waals surface area (Å²) >= 11 is 0. The smallest absolute Gasteiger partial charge is 0.224 e. The summed E-state index contributed by atoms with van der Waals surface area (Å²) in [5.74, 6) is 0.378. The molecule has 0 aromatic rings. The van der Waals surface area contributed by atoms with Gasteiger partial charge in [-0.2, -0.15) is 0 Å². The molecule has 1 heterocycles. The zero-order valence-electron chi connectivity index (χ0n) is 10.2. The second-order valence-corrected chi connectivity index (χ2v) is 4.89. The van der Waals surface area contributed by atoms with E-state index in [4.69, 9.17) is 4.74 Å². The fourth-order valence-corrected chi connectivity index (χ4v) is 2.58. The van der Waals surface area contributed by atoms with Crippen LogP contribution in [-0.4, -0.2) is 37.2 Å². The minimum atomic E-state index is 0.158. The van der Waals surface area contributed by atoms with Crippen molar-refractivity contribution in [3.8, 4) is 0 Å². The average molecular weight is 226 g/mol. The molecule has 4 nitrogen and oxygen atoms in total. The molecular formula is C12H22N2O2. The van der Waals surface area contributed by atoms with Crippen LogP contribution in [0.3, 0.4) is 0 Å². The van der Waals surface area contributed by atoms with Gasteiger partial charge < -0.3 is 15.4 Å². The van der Waals surface area contributed by atoms with Crippen LogP contribution in [0.1, 0.15) is 33.1 Å². The Morgan fingerprint density at radius 3 is 2.81 bits per heavy atom. The lowest BCUT2D eigenvalue weighted by Gasteiger charge is -2.36. The molecule has 0 spiro atoms. The van der Waals surface area contributed by atoms with E-state index in [1.54, 1.807) is 0 Å². The lowest BCUT2D eigenvalue weighted by molar-refractivity contribution is -0.127. The number of carbonyl (C=O) groups is 1. The number of carbonyl (C=O) groups excluding carboxylic acids is 1. The first-order chi connectivity index (χ1) is 7.70. The summed E-state index contributed by atoms with van der Waals surface area (Å²) in [5.41, 5.74) is 0. The van der Waals surface area contributed by atoms with E-state index in [2.05, 4.69) is 17.6 Å². The largest absolute Gasteiger partial charge is 0.378 e. The predicted molar refractivity (Wildman–Crippen MR) is 62.2 cm³/mol. The second-order valence-electron chi connectivity index (χ2n) is 4.89. The van der Waals surface area contributed by atoms with Crippen LogP contribution in [-0.2, 0) is 9.53 Å². The Morgan fingerprint density at radius 1 is 1.50 bits per heavy atom. The van der Waals surface area contributed by atoms with Gasteiger partial charge in [-0.05, 0) is 39.7 Å². The lowest BCUT2D eigenvalue weighted by Crippen LogP contribution is -2.50. The highest BCUT2D eigenvalue weighted by molar-refractivity contribution is 5.80. The summed E-state index contributed by atoms with van der Waals surface area (Å²) in [6, 6.07) is 0.666. The highest BCUT2D eigenvalue weighted by atomic mass is 16.5. The van der Waals surface area contributed by atoms with Crippen LogP contribution in [0.25, 0.3) is 0 Å². The summed E-state index contributed by atoms with van der Waals surface area (Å²) in [6.07, 6.45) is 3.30. The van der Waals surface area contributed by atoms with E-state index in [0.29, 0.717) is 18.2 Å². The van der Waals surface area contributed by atoms with Crippen molar-refractivity contribution in [1.29, 1.82) is 0 Å². The molecule has 1 aliphatic heterocycles. The van der Waals surface area contributed by atoms with Crippen LogP contribution in [0.4, 0.5) is 0 Å². The van der Waals surface area contributed by atoms with Gasteiger partial charge in [0.15, 0.2) is 0 Å². The fraction of sp³-hybridized carbons (Fsp3) is 0.917. The SMILES string of the molecule is CCOC1CC(NC(=O)C2CCNC2C)C1. The standard InChI is InChI=1S/C12H22N2O2/c1-3-16-10-6-9(7-10)14-12(15)11-4-5-13-8(11)2/h8-11,13H,3-7H2,1-2H3,(H,14,15). The zero-order valence-corrected chi connectivity index (χ0v) is 10.2. The van der Waals surface area contributed by atoms with Gasteiger partial charge >= 0.3 is 0 Å². The molecule has 2 atom stereocenters. The number of ether oxygens (including phenoxy) is 1. The highest BCUT2D eigenvalue weighted by Gasteiger charge is 2.35. The van der Waals surface area contributed by atoms with E-state index in [-0.39, 0.29) is 11.8 Å². The first kappa shape index (κ1) is 11.9. The van der Waals surface area contributed by atoms with Crippen LogP contribution in [0.15, 0.2) is 0 Å². The minimum absolute atomic E-state index is 0.158. The molecule has 0 aromatic heterocycles. The third-order valence-corrected chi connectivity index (χ3v) is 3.71. The third kappa shape index (κ3) is 2.55. The zero-order chi connectivity index (χ0) is 11.5. The summed E-state index contributed by atoms with van der Waals surface area (Å²) in [6.45, 7) is 5.83. The molecule has 92 valence electrons.